The third-order valence-electron chi connectivity index (χ3n) is 6.73. The molecule has 0 fully saturated rings. The van der Waals surface area contributed by atoms with Crippen LogP contribution in [0.15, 0.2) is 77.7 Å². The molecule has 14 heteroatoms. The minimum absolute atomic E-state index is 0.0870. The molecule has 0 bridgehead atoms. The topological polar surface area (TPSA) is 166 Å². The summed E-state index contributed by atoms with van der Waals surface area (Å²) in [6.45, 7) is 1.48. The number of hydrogen-bond donors (Lipinski definition) is 2. The smallest absolute Gasteiger partial charge is 0.266 e. The second-order valence-corrected chi connectivity index (χ2v) is 14.7. The third kappa shape index (κ3) is 7.13. The Labute approximate surface area is 240 Å². The standard InChI is InChI=1S/C27H30N2O9S3/c1-20-12-14-21(15-13-20)41(37,38)29(17-7-19-40(34,35)36)27(30)26-22-8-2-4-10-24(22)28(16-6-18-39(31,32)33)25-11-5-3-9-23(25)26/h2-5,8-15,26H,6-7,16-19H2,1H3,(H,31,32,33)(H,34,35,36). The van der Waals surface area contributed by atoms with E-state index in [1.54, 1.807) is 67.6 Å². The molecular weight excluding hydrogens is 593 g/mol. The minimum atomic E-state index is -4.43. The van der Waals surface area contributed by atoms with Crippen molar-refractivity contribution in [3.63, 3.8) is 0 Å². The maximum atomic E-state index is 14.3. The van der Waals surface area contributed by atoms with Crippen molar-refractivity contribution in [1.29, 1.82) is 0 Å². The Bertz CT molecular complexity index is 1710. The van der Waals surface area contributed by atoms with Crippen molar-refractivity contribution < 1.29 is 39.2 Å². The van der Waals surface area contributed by atoms with Crippen LogP contribution in [0.2, 0.25) is 0 Å². The number of anilines is 2. The van der Waals surface area contributed by atoms with Gasteiger partial charge in [0.05, 0.1) is 22.3 Å². The van der Waals surface area contributed by atoms with E-state index in [4.69, 9.17) is 0 Å². The fraction of sp³-hybridized carbons (Fsp3) is 0.296. The molecule has 0 atom stereocenters. The van der Waals surface area contributed by atoms with Gasteiger partial charge in [-0.1, -0.05) is 54.1 Å². The molecular formula is C27H30N2O9S3. The first kappa shape index (κ1) is 30.7. The number of para-hydroxylation sites is 2. The Morgan fingerprint density at radius 2 is 1.24 bits per heavy atom. The first-order valence-electron chi connectivity index (χ1n) is 12.7. The van der Waals surface area contributed by atoms with Gasteiger partial charge in [-0.3, -0.25) is 13.9 Å². The molecule has 0 radical (unpaired) electrons. The number of amides is 1. The molecule has 3 aromatic rings. The second-order valence-electron chi connectivity index (χ2n) is 9.71. The highest BCUT2D eigenvalue weighted by Crippen LogP contribution is 2.46. The van der Waals surface area contributed by atoms with E-state index >= 15 is 0 Å². The van der Waals surface area contributed by atoms with Gasteiger partial charge in [0.1, 0.15) is 0 Å². The first-order chi connectivity index (χ1) is 19.2. The summed E-state index contributed by atoms with van der Waals surface area (Å²) in [6, 6.07) is 19.6. The summed E-state index contributed by atoms with van der Waals surface area (Å²) in [7, 11) is -13.0. The van der Waals surface area contributed by atoms with Crippen LogP contribution < -0.4 is 4.90 Å². The van der Waals surface area contributed by atoms with E-state index in [-0.39, 0.29) is 24.3 Å². The van der Waals surface area contributed by atoms with Gasteiger partial charge in [-0.05, 0) is 55.2 Å². The number of aryl methyl sites for hydroxylation is 1. The van der Waals surface area contributed by atoms with E-state index in [1.165, 1.54) is 12.1 Å². The normalized spacial score (nSPS) is 13.9. The molecule has 1 aliphatic heterocycles. The molecule has 0 spiro atoms. The van der Waals surface area contributed by atoms with Crippen molar-refractivity contribution in [2.45, 2.75) is 30.6 Å². The van der Waals surface area contributed by atoms with E-state index in [0.29, 0.717) is 26.8 Å². The predicted octanol–water partition coefficient (Wildman–Crippen LogP) is 3.35. The van der Waals surface area contributed by atoms with Crippen molar-refractivity contribution in [2.24, 2.45) is 0 Å². The van der Waals surface area contributed by atoms with E-state index in [2.05, 4.69) is 0 Å². The summed E-state index contributed by atoms with van der Waals surface area (Å²) in [5, 5.41) is 0. The van der Waals surface area contributed by atoms with Crippen LogP contribution in [0, 0.1) is 6.92 Å². The second kappa shape index (κ2) is 11.9. The molecule has 41 heavy (non-hydrogen) atoms. The Kier molecular flexibility index (Phi) is 8.90. The Balaban J connectivity index is 1.80. The Morgan fingerprint density at radius 1 is 0.756 bits per heavy atom. The molecule has 220 valence electrons. The van der Waals surface area contributed by atoms with Crippen LogP contribution in [0.25, 0.3) is 0 Å². The van der Waals surface area contributed by atoms with Crippen LogP contribution in [0.5, 0.6) is 0 Å². The maximum absolute atomic E-state index is 14.3. The van der Waals surface area contributed by atoms with Crippen LogP contribution in [0.3, 0.4) is 0 Å². The van der Waals surface area contributed by atoms with Crippen LogP contribution in [0.4, 0.5) is 11.4 Å². The first-order valence-corrected chi connectivity index (χ1v) is 17.3. The summed E-state index contributed by atoms with van der Waals surface area (Å²) in [5.41, 5.74) is 2.87. The quantitative estimate of drug-likeness (QED) is 0.303. The van der Waals surface area contributed by atoms with Crippen molar-refractivity contribution in [3.8, 4) is 0 Å². The molecule has 0 aliphatic carbocycles. The third-order valence-corrected chi connectivity index (χ3v) is 10.1. The van der Waals surface area contributed by atoms with E-state index in [9.17, 15) is 39.2 Å². The van der Waals surface area contributed by atoms with Crippen molar-refractivity contribution in [1.82, 2.24) is 4.31 Å². The lowest BCUT2D eigenvalue weighted by Crippen LogP contribution is -2.43. The minimum Gasteiger partial charge on any atom is -0.341 e. The molecule has 4 rings (SSSR count). The van der Waals surface area contributed by atoms with Crippen LogP contribution in [-0.2, 0) is 35.1 Å². The number of rotatable bonds is 11. The molecule has 0 aromatic heterocycles. The zero-order valence-corrected chi connectivity index (χ0v) is 24.6. The molecule has 0 unspecified atom stereocenters. The maximum Gasteiger partial charge on any atom is 0.266 e. The summed E-state index contributed by atoms with van der Waals surface area (Å²) >= 11 is 0. The molecule has 1 aliphatic rings. The number of hydrogen-bond acceptors (Lipinski definition) is 8. The average molecular weight is 623 g/mol. The van der Waals surface area contributed by atoms with Gasteiger partial charge in [0, 0.05) is 24.5 Å². The largest absolute Gasteiger partial charge is 0.341 e. The van der Waals surface area contributed by atoms with Crippen LogP contribution in [0.1, 0.15) is 35.4 Å². The Morgan fingerprint density at radius 3 is 1.76 bits per heavy atom. The number of nitrogens with zero attached hydrogens (tertiary/aromatic N) is 2. The van der Waals surface area contributed by atoms with Crippen LogP contribution in [-0.4, -0.2) is 69.2 Å². The van der Waals surface area contributed by atoms with Gasteiger partial charge in [-0.25, -0.2) is 12.7 Å². The van der Waals surface area contributed by atoms with E-state index in [0.717, 1.165) is 5.56 Å². The summed E-state index contributed by atoms with van der Waals surface area (Å²) in [5.74, 6) is -3.10. The molecule has 1 heterocycles. The van der Waals surface area contributed by atoms with E-state index < -0.39 is 60.1 Å². The fourth-order valence-corrected chi connectivity index (χ4v) is 7.32. The summed E-state index contributed by atoms with van der Waals surface area (Å²) in [4.78, 5) is 16.0. The average Bonchev–Trinajstić information content (AvgIpc) is 2.89. The molecule has 1 amide bonds. The van der Waals surface area contributed by atoms with Crippen molar-refractivity contribution in [2.75, 3.05) is 29.5 Å². The molecule has 0 saturated heterocycles. The van der Waals surface area contributed by atoms with Gasteiger partial charge in [0.25, 0.3) is 30.3 Å². The van der Waals surface area contributed by atoms with Crippen molar-refractivity contribution >= 4 is 47.5 Å². The lowest BCUT2D eigenvalue weighted by molar-refractivity contribution is -0.127. The lowest BCUT2D eigenvalue weighted by Gasteiger charge is -2.38. The highest BCUT2D eigenvalue weighted by molar-refractivity contribution is 7.89. The van der Waals surface area contributed by atoms with Gasteiger partial charge in [0.2, 0.25) is 5.91 Å². The highest BCUT2D eigenvalue weighted by Gasteiger charge is 2.40. The van der Waals surface area contributed by atoms with Gasteiger partial charge >= 0.3 is 0 Å². The highest BCUT2D eigenvalue weighted by atomic mass is 32.2. The zero-order valence-electron chi connectivity index (χ0n) is 22.1. The van der Waals surface area contributed by atoms with Gasteiger partial charge in [0.15, 0.2) is 0 Å². The number of carbonyl (C=O) groups is 1. The predicted molar refractivity (Wildman–Crippen MR) is 154 cm³/mol. The number of sulfonamides is 1. The SMILES string of the molecule is Cc1ccc(S(=O)(=O)N(CCCS(=O)(=O)O)C(=O)C2c3ccccc3N(CCCS(=O)(=O)O)c3ccccc32)cc1. The zero-order chi connectivity index (χ0) is 30.0. The number of fused-ring (bicyclic) bond motifs is 2. The lowest BCUT2D eigenvalue weighted by atomic mass is 9.84. The van der Waals surface area contributed by atoms with Crippen molar-refractivity contribution in [3.05, 3.63) is 89.5 Å². The molecule has 0 saturated carbocycles. The van der Waals surface area contributed by atoms with Gasteiger partial charge < -0.3 is 4.90 Å². The summed E-state index contributed by atoms with van der Waals surface area (Å²) < 4.78 is 92.2. The molecule has 11 nitrogen and oxygen atoms in total. The monoisotopic (exact) mass is 622 g/mol. The number of benzene rings is 3. The molecule has 3 aromatic carbocycles. The van der Waals surface area contributed by atoms with E-state index in [1.807, 2.05) is 4.90 Å². The number of carbonyl (C=O) groups excluding carboxylic acids is 1. The Hall–Kier alpha value is -3.30. The fourth-order valence-electron chi connectivity index (χ4n) is 4.89. The summed E-state index contributed by atoms with van der Waals surface area (Å²) in [6.07, 6.45) is -0.239. The van der Waals surface area contributed by atoms with Gasteiger partial charge in [-0.2, -0.15) is 16.8 Å². The van der Waals surface area contributed by atoms with Crippen LogP contribution >= 0.6 is 0 Å². The molecule has 2 N–H and O–H groups in total. The van der Waals surface area contributed by atoms with Gasteiger partial charge in [-0.15, -0.1) is 0 Å².